The van der Waals surface area contributed by atoms with E-state index in [-0.39, 0.29) is 35.1 Å². The van der Waals surface area contributed by atoms with Crippen LogP contribution in [0.5, 0.6) is 11.5 Å². The lowest BCUT2D eigenvalue weighted by Gasteiger charge is -2.19. The molecule has 0 aromatic heterocycles. The second-order valence-corrected chi connectivity index (χ2v) is 5.23. The summed E-state index contributed by atoms with van der Waals surface area (Å²) in [5.41, 5.74) is 1.41. The highest BCUT2D eigenvalue weighted by molar-refractivity contribution is 6.25. The summed E-state index contributed by atoms with van der Waals surface area (Å²) in [5.74, 6) is 0.0748. The maximum Gasteiger partial charge on any atom is 0.228 e. The van der Waals surface area contributed by atoms with Crippen molar-refractivity contribution in [1.82, 2.24) is 0 Å². The van der Waals surface area contributed by atoms with E-state index >= 15 is 0 Å². The molecule has 5 nitrogen and oxygen atoms in total. The maximum absolute atomic E-state index is 12.4. The summed E-state index contributed by atoms with van der Waals surface area (Å²) in [6, 6.07) is 12.7. The molecule has 0 saturated carbocycles. The molecule has 2 aromatic rings. The van der Waals surface area contributed by atoms with Gasteiger partial charge in [-0.25, -0.2) is 0 Å². The quantitative estimate of drug-likeness (QED) is 0.845. The number of fused-ring (bicyclic) bond motifs is 1. The number of hydrogen-bond acceptors (Lipinski definition) is 5. The topological polar surface area (TPSA) is 61.8 Å². The van der Waals surface area contributed by atoms with E-state index in [1.165, 1.54) is 26.4 Å². The summed E-state index contributed by atoms with van der Waals surface area (Å²) in [7, 11) is 2.85. The molecule has 0 N–H and O–H groups in total. The average molecular weight is 324 g/mol. The number of ketones is 2. The van der Waals surface area contributed by atoms with Crippen molar-refractivity contribution in [3.63, 3.8) is 0 Å². The summed E-state index contributed by atoms with van der Waals surface area (Å²) in [4.78, 5) is 24.8. The number of hydrogen-bond donors (Lipinski definition) is 0. The van der Waals surface area contributed by atoms with E-state index in [0.717, 1.165) is 5.56 Å². The zero-order chi connectivity index (χ0) is 17.1. The van der Waals surface area contributed by atoms with Gasteiger partial charge >= 0.3 is 0 Å². The van der Waals surface area contributed by atoms with Gasteiger partial charge in [-0.05, 0) is 11.6 Å². The monoisotopic (exact) mass is 324 g/mol. The lowest BCUT2D eigenvalue weighted by molar-refractivity contribution is 0.0913. The minimum atomic E-state index is -0.365. The minimum absolute atomic E-state index is 0.00904. The van der Waals surface area contributed by atoms with Crippen LogP contribution >= 0.6 is 0 Å². The Morgan fingerprint density at radius 3 is 2.38 bits per heavy atom. The third-order valence-corrected chi connectivity index (χ3v) is 3.75. The van der Waals surface area contributed by atoms with E-state index in [4.69, 9.17) is 14.2 Å². The average Bonchev–Trinajstić information content (AvgIpc) is 2.63. The Morgan fingerprint density at radius 1 is 0.958 bits per heavy atom. The zero-order valence-corrected chi connectivity index (χ0v) is 13.4. The Hall–Kier alpha value is -3.08. The predicted octanol–water partition coefficient (Wildman–Crippen LogP) is 3.18. The van der Waals surface area contributed by atoms with E-state index in [2.05, 4.69) is 0 Å². The van der Waals surface area contributed by atoms with E-state index in [9.17, 15) is 9.59 Å². The number of Topliss-reactive ketones (excluding diaryl/α,β-unsaturated/α-hetero) is 1. The molecule has 0 amide bonds. The van der Waals surface area contributed by atoms with Crippen LogP contribution in [0.4, 0.5) is 0 Å². The molecule has 2 aromatic carbocycles. The number of benzene rings is 2. The van der Waals surface area contributed by atoms with Crippen molar-refractivity contribution in [2.75, 3.05) is 14.2 Å². The fourth-order valence-electron chi connectivity index (χ4n) is 2.53. The number of carbonyl (C=O) groups is 2. The highest BCUT2D eigenvalue weighted by Crippen LogP contribution is 2.34. The third-order valence-electron chi connectivity index (χ3n) is 3.75. The molecule has 0 atom stereocenters. The van der Waals surface area contributed by atoms with Crippen molar-refractivity contribution >= 4 is 11.6 Å². The molecule has 0 spiro atoms. The summed E-state index contributed by atoms with van der Waals surface area (Å²) in [6.45, 7) is 0.281. The third kappa shape index (κ3) is 2.88. The molecule has 122 valence electrons. The SMILES string of the molecule is COC1=CC(=O)c2c(OCc3ccccc3)cc(OC)cc2C1=O. The number of rotatable bonds is 5. The Morgan fingerprint density at radius 2 is 1.71 bits per heavy atom. The van der Waals surface area contributed by atoms with Crippen molar-refractivity contribution in [2.24, 2.45) is 0 Å². The number of methoxy groups -OCH3 is 2. The van der Waals surface area contributed by atoms with Crippen LogP contribution in [0.1, 0.15) is 26.3 Å². The molecule has 0 fully saturated rings. The van der Waals surface area contributed by atoms with Gasteiger partial charge in [0, 0.05) is 17.7 Å². The molecule has 5 heteroatoms. The molecule has 0 unspecified atom stereocenters. The highest BCUT2D eigenvalue weighted by Gasteiger charge is 2.30. The molecule has 0 aliphatic heterocycles. The van der Waals surface area contributed by atoms with Gasteiger partial charge in [0.25, 0.3) is 0 Å². The van der Waals surface area contributed by atoms with Gasteiger partial charge in [0.2, 0.25) is 5.78 Å². The molecular weight excluding hydrogens is 308 g/mol. The van der Waals surface area contributed by atoms with Gasteiger partial charge in [0.05, 0.1) is 19.8 Å². The molecule has 0 heterocycles. The Kier molecular flexibility index (Phi) is 4.33. The maximum atomic E-state index is 12.4. The molecular formula is C19H16O5. The first-order valence-corrected chi connectivity index (χ1v) is 7.37. The Balaban J connectivity index is 2.01. The molecule has 0 radical (unpaired) electrons. The van der Waals surface area contributed by atoms with Crippen LogP contribution in [0.2, 0.25) is 0 Å². The molecule has 3 rings (SSSR count). The molecule has 0 saturated heterocycles. The summed E-state index contributed by atoms with van der Waals surface area (Å²) < 4.78 is 16.0. The summed E-state index contributed by atoms with van der Waals surface area (Å²) in [5, 5.41) is 0. The van der Waals surface area contributed by atoms with Gasteiger partial charge < -0.3 is 14.2 Å². The predicted molar refractivity (Wildman–Crippen MR) is 87.5 cm³/mol. The first-order valence-electron chi connectivity index (χ1n) is 7.37. The standard InChI is InChI=1S/C19H16O5/c1-22-13-8-14-18(15(20)10-17(23-2)19(14)21)16(9-13)24-11-12-6-4-3-5-7-12/h3-10H,11H2,1-2H3. The normalized spacial score (nSPS) is 13.2. The fourth-order valence-corrected chi connectivity index (χ4v) is 2.53. The van der Waals surface area contributed by atoms with Crippen molar-refractivity contribution in [1.29, 1.82) is 0 Å². The van der Waals surface area contributed by atoms with Gasteiger partial charge in [-0.3, -0.25) is 9.59 Å². The van der Waals surface area contributed by atoms with E-state index in [1.807, 2.05) is 30.3 Å². The first kappa shape index (κ1) is 15.8. The Bertz CT molecular complexity index is 821. The second-order valence-electron chi connectivity index (χ2n) is 5.23. The van der Waals surface area contributed by atoms with Crippen LogP contribution < -0.4 is 9.47 Å². The van der Waals surface area contributed by atoms with Crippen molar-refractivity contribution in [3.8, 4) is 11.5 Å². The summed E-state index contributed by atoms with van der Waals surface area (Å²) in [6.07, 6.45) is 1.19. The number of carbonyl (C=O) groups excluding carboxylic acids is 2. The minimum Gasteiger partial charge on any atom is -0.497 e. The fraction of sp³-hybridized carbons (Fsp3) is 0.158. The summed E-state index contributed by atoms with van der Waals surface area (Å²) >= 11 is 0. The molecule has 1 aliphatic rings. The van der Waals surface area contributed by atoms with Gasteiger partial charge in [0.1, 0.15) is 18.1 Å². The molecule has 0 bridgehead atoms. The number of allylic oxidation sites excluding steroid dienone is 2. The highest BCUT2D eigenvalue weighted by atomic mass is 16.5. The molecule has 1 aliphatic carbocycles. The van der Waals surface area contributed by atoms with Crippen LogP contribution in [-0.4, -0.2) is 25.8 Å². The smallest absolute Gasteiger partial charge is 0.228 e. The van der Waals surface area contributed by atoms with Crippen molar-refractivity contribution < 1.29 is 23.8 Å². The Labute approximate surface area is 139 Å². The second kappa shape index (κ2) is 6.58. The van der Waals surface area contributed by atoms with Crippen LogP contribution in [0.3, 0.4) is 0 Å². The van der Waals surface area contributed by atoms with Gasteiger partial charge in [-0.1, -0.05) is 30.3 Å². The first-order chi connectivity index (χ1) is 11.6. The van der Waals surface area contributed by atoms with Gasteiger partial charge in [0.15, 0.2) is 11.5 Å². The van der Waals surface area contributed by atoms with E-state index < -0.39 is 0 Å². The lowest BCUT2D eigenvalue weighted by Crippen LogP contribution is -2.19. The van der Waals surface area contributed by atoms with Crippen LogP contribution in [-0.2, 0) is 11.3 Å². The van der Waals surface area contributed by atoms with Crippen LogP contribution in [0, 0.1) is 0 Å². The van der Waals surface area contributed by atoms with Crippen molar-refractivity contribution in [3.05, 3.63) is 71.0 Å². The van der Waals surface area contributed by atoms with Crippen molar-refractivity contribution in [2.45, 2.75) is 6.61 Å². The van der Waals surface area contributed by atoms with E-state index in [0.29, 0.717) is 11.5 Å². The van der Waals surface area contributed by atoms with Gasteiger partial charge in [-0.15, -0.1) is 0 Å². The van der Waals surface area contributed by atoms with Crippen LogP contribution in [0.15, 0.2) is 54.3 Å². The number of ether oxygens (including phenoxy) is 3. The largest absolute Gasteiger partial charge is 0.497 e. The molecule has 24 heavy (non-hydrogen) atoms. The van der Waals surface area contributed by atoms with Gasteiger partial charge in [-0.2, -0.15) is 0 Å². The van der Waals surface area contributed by atoms with Crippen LogP contribution in [0.25, 0.3) is 0 Å². The van der Waals surface area contributed by atoms with E-state index in [1.54, 1.807) is 6.07 Å². The zero-order valence-electron chi connectivity index (χ0n) is 13.4. The lowest BCUT2D eigenvalue weighted by atomic mass is 9.92.